The summed E-state index contributed by atoms with van der Waals surface area (Å²) in [5.41, 5.74) is 0.662. The van der Waals surface area contributed by atoms with Gasteiger partial charge in [-0.1, -0.05) is 19.1 Å². The summed E-state index contributed by atoms with van der Waals surface area (Å²) in [4.78, 5) is 19.6. The van der Waals surface area contributed by atoms with Crippen LogP contribution < -0.4 is 4.74 Å². The Morgan fingerprint density at radius 3 is 2.96 bits per heavy atom. The van der Waals surface area contributed by atoms with Crippen LogP contribution in [-0.4, -0.2) is 40.1 Å². The third-order valence-electron chi connectivity index (χ3n) is 4.74. The number of likely N-dealkylation sites (tertiary alicyclic amines) is 1. The molecule has 1 aliphatic heterocycles. The highest BCUT2D eigenvalue weighted by molar-refractivity contribution is 5.97. The Morgan fingerprint density at radius 2 is 2.16 bits per heavy atom. The molecule has 5 nitrogen and oxygen atoms in total. The zero-order valence-corrected chi connectivity index (χ0v) is 15.1. The normalized spacial score (nSPS) is 17.5. The maximum Gasteiger partial charge on any atom is 0.257 e. The molecule has 134 valence electrons. The number of ether oxygens (including phenoxy) is 1. The molecular weight excluding hydrogens is 314 g/mol. The van der Waals surface area contributed by atoms with Crippen molar-refractivity contribution in [2.75, 3.05) is 19.7 Å². The number of imidazole rings is 1. The number of nitrogens with zero attached hydrogens (tertiary/aromatic N) is 3. The van der Waals surface area contributed by atoms with E-state index in [9.17, 15) is 4.79 Å². The number of rotatable bonds is 6. The Labute approximate surface area is 149 Å². The van der Waals surface area contributed by atoms with Crippen molar-refractivity contribution in [3.63, 3.8) is 0 Å². The molecule has 1 atom stereocenters. The molecule has 1 amide bonds. The van der Waals surface area contributed by atoms with Crippen molar-refractivity contribution in [3.8, 4) is 5.75 Å². The first-order valence-corrected chi connectivity index (χ1v) is 9.26. The minimum atomic E-state index is 0.0611. The Balaban J connectivity index is 1.76. The molecule has 1 fully saturated rings. The smallest absolute Gasteiger partial charge is 0.257 e. The molecule has 5 heteroatoms. The summed E-state index contributed by atoms with van der Waals surface area (Å²) in [6, 6.07) is 7.56. The molecule has 1 aliphatic rings. The molecule has 0 unspecified atom stereocenters. The third-order valence-corrected chi connectivity index (χ3v) is 4.74. The van der Waals surface area contributed by atoms with Crippen molar-refractivity contribution in [1.82, 2.24) is 14.5 Å². The first-order chi connectivity index (χ1) is 12.2. The van der Waals surface area contributed by atoms with Gasteiger partial charge in [0.15, 0.2) is 0 Å². The maximum atomic E-state index is 13.1. The first kappa shape index (κ1) is 17.5. The van der Waals surface area contributed by atoms with E-state index in [2.05, 4.69) is 23.4 Å². The fraction of sp³-hybridized carbons (Fsp3) is 0.500. The van der Waals surface area contributed by atoms with Crippen LogP contribution in [0, 0.1) is 0 Å². The number of aryl methyl sites for hydroxylation is 1. The zero-order valence-electron chi connectivity index (χ0n) is 15.1. The van der Waals surface area contributed by atoms with E-state index in [1.165, 1.54) is 0 Å². The van der Waals surface area contributed by atoms with E-state index in [-0.39, 0.29) is 5.91 Å². The number of aromatic nitrogens is 2. The molecule has 1 aromatic carbocycles. The second-order valence-electron chi connectivity index (χ2n) is 6.51. The van der Waals surface area contributed by atoms with Crippen LogP contribution in [-0.2, 0) is 6.54 Å². The number of benzene rings is 1. The largest absolute Gasteiger partial charge is 0.493 e. The highest BCUT2D eigenvalue weighted by Crippen LogP contribution is 2.28. The van der Waals surface area contributed by atoms with Gasteiger partial charge in [-0.05, 0) is 38.3 Å². The Bertz CT molecular complexity index is 710. The minimum absolute atomic E-state index is 0.0611. The number of hydrogen-bond donors (Lipinski definition) is 0. The third kappa shape index (κ3) is 3.86. The van der Waals surface area contributed by atoms with Crippen LogP contribution in [0.15, 0.2) is 36.7 Å². The Morgan fingerprint density at radius 1 is 1.32 bits per heavy atom. The van der Waals surface area contributed by atoms with Crippen LogP contribution in [0.1, 0.15) is 55.2 Å². The lowest BCUT2D eigenvalue weighted by atomic mass is 9.96. The molecule has 0 saturated carbocycles. The van der Waals surface area contributed by atoms with Gasteiger partial charge in [-0.2, -0.15) is 0 Å². The molecule has 25 heavy (non-hydrogen) atoms. The summed E-state index contributed by atoms with van der Waals surface area (Å²) >= 11 is 0. The summed E-state index contributed by atoms with van der Waals surface area (Å²) < 4.78 is 7.95. The van der Waals surface area contributed by atoms with Gasteiger partial charge in [0.05, 0.1) is 12.2 Å². The molecular formula is C20H27N3O2. The summed E-state index contributed by atoms with van der Waals surface area (Å²) in [6.45, 7) is 7.24. The molecule has 1 aromatic heterocycles. The van der Waals surface area contributed by atoms with Crippen LogP contribution in [0.4, 0.5) is 0 Å². The molecule has 0 spiro atoms. The van der Waals surface area contributed by atoms with Gasteiger partial charge < -0.3 is 14.2 Å². The topological polar surface area (TPSA) is 47.4 Å². The van der Waals surface area contributed by atoms with Crippen molar-refractivity contribution in [3.05, 3.63) is 48.0 Å². The summed E-state index contributed by atoms with van der Waals surface area (Å²) in [5.74, 6) is 2.14. The van der Waals surface area contributed by atoms with Gasteiger partial charge in [0, 0.05) is 37.9 Å². The van der Waals surface area contributed by atoms with Gasteiger partial charge in [0.2, 0.25) is 0 Å². The van der Waals surface area contributed by atoms with E-state index in [4.69, 9.17) is 4.74 Å². The SMILES string of the molecule is CCCOc1ccccc1C(=O)N1CCC[C@H](c2nccn2CC)C1. The first-order valence-electron chi connectivity index (χ1n) is 9.26. The number of para-hydroxylation sites is 1. The van der Waals surface area contributed by atoms with Crippen LogP contribution in [0.3, 0.4) is 0 Å². The van der Waals surface area contributed by atoms with Gasteiger partial charge in [-0.3, -0.25) is 4.79 Å². The number of carbonyl (C=O) groups excluding carboxylic acids is 1. The molecule has 2 aromatic rings. The van der Waals surface area contributed by atoms with E-state index < -0.39 is 0 Å². The lowest BCUT2D eigenvalue weighted by Crippen LogP contribution is -2.40. The average molecular weight is 341 g/mol. The lowest BCUT2D eigenvalue weighted by Gasteiger charge is -2.33. The van der Waals surface area contributed by atoms with Gasteiger partial charge in [0.1, 0.15) is 11.6 Å². The standard InChI is InChI=1S/C20H27N3O2/c1-3-14-25-18-10-6-5-9-17(18)20(24)23-12-7-8-16(15-23)19-21-11-13-22(19)4-2/h5-6,9-11,13,16H,3-4,7-8,12,14-15H2,1-2H3/t16-/m0/s1. The molecule has 0 aliphatic carbocycles. The molecule has 2 heterocycles. The van der Waals surface area contributed by atoms with Crippen molar-refractivity contribution in [2.24, 2.45) is 0 Å². The van der Waals surface area contributed by atoms with E-state index >= 15 is 0 Å². The van der Waals surface area contributed by atoms with Gasteiger partial charge >= 0.3 is 0 Å². The monoisotopic (exact) mass is 341 g/mol. The van der Waals surface area contributed by atoms with Crippen LogP contribution in [0.2, 0.25) is 0 Å². The van der Waals surface area contributed by atoms with Crippen molar-refractivity contribution >= 4 is 5.91 Å². The van der Waals surface area contributed by atoms with Gasteiger partial charge in [0.25, 0.3) is 5.91 Å². The van der Waals surface area contributed by atoms with Crippen LogP contribution >= 0.6 is 0 Å². The van der Waals surface area contributed by atoms with E-state index in [1.54, 1.807) is 0 Å². The summed E-state index contributed by atoms with van der Waals surface area (Å²) in [7, 11) is 0. The Kier molecular flexibility index (Phi) is 5.74. The molecule has 3 rings (SSSR count). The van der Waals surface area contributed by atoms with E-state index in [0.717, 1.165) is 44.7 Å². The predicted molar refractivity (Wildman–Crippen MR) is 98.0 cm³/mol. The highest BCUT2D eigenvalue weighted by atomic mass is 16.5. The molecule has 0 radical (unpaired) electrons. The van der Waals surface area contributed by atoms with Crippen molar-refractivity contribution in [2.45, 2.75) is 45.6 Å². The number of carbonyl (C=O) groups is 1. The minimum Gasteiger partial charge on any atom is -0.493 e. The van der Waals surface area contributed by atoms with Crippen LogP contribution in [0.5, 0.6) is 5.75 Å². The Hall–Kier alpha value is -2.30. The predicted octanol–water partition coefficient (Wildman–Crippen LogP) is 3.71. The molecule has 0 N–H and O–H groups in total. The van der Waals surface area contributed by atoms with Gasteiger partial charge in [-0.25, -0.2) is 4.98 Å². The second kappa shape index (κ2) is 8.19. The number of piperidine rings is 1. The summed E-state index contributed by atoms with van der Waals surface area (Å²) in [6.07, 6.45) is 6.88. The van der Waals surface area contributed by atoms with E-state index in [1.807, 2.05) is 41.6 Å². The van der Waals surface area contributed by atoms with E-state index in [0.29, 0.717) is 23.8 Å². The second-order valence-corrected chi connectivity index (χ2v) is 6.51. The highest BCUT2D eigenvalue weighted by Gasteiger charge is 2.29. The lowest BCUT2D eigenvalue weighted by molar-refractivity contribution is 0.0699. The fourth-order valence-corrected chi connectivity index (χ4v) is 3.47. The quantitative estimate of drug-likeness (QED) is 0.805. The van der Waals surface area contributed by atoms with Crippen molar-refractivity contribution in [1.29, 1.82) is 0 Å². The summed E-state index contributed by atoms with van der Waals surface area (Å²) in [5, 5.41) is 0. The number of amides is 1. The zero-order chi connectivity index (χ0) is 17.6. The van der Waals surface area contributed by atoms with Gasteiger partial charge in [-0.15, -0.1) is 0 Å². The maximum absolute atomic E-state index is 13.1. The molecule has 0 bridgehead atoms. The molecule has 1 saturated heterocycles. The average Bonchev–Trinajstić information content (AvgIpc) is 3.15. The van der Waals surface area contributed by atoms with Crippen molar-refractivity contribution < 1.29 is 9.53 Å². The fourth-order valence-electron chi connectivity index (χ4n) is 3.47. The van der Waals surface area contributed by atoms with Crippen LogP contribution in [0.25, 0.3) is 0 Å². The number of hydrogen-bond acceptors (Lipinski definition) is 3.